The van der Waals surface area contributed by atoms with Gasteiger partial charge in [-0.25, -0.2) is 0 Å². The Labute approximate surface area is 92.6 Å². The molecule has 0 spiro atoms. The molecule has 0 saturated heterocycles. The van der Waals surface area contributed by atoms with Crippen LogP contribution in [0.2, 0.25) is 0 Å². The lowest BCUT2D eigenvalue weighted by Crippen LogP contribution is -1.96. The summed E-state index contributed by atoms with van der Waals surface area (Å²) in [5, 5.41) is 1.67. The summed E-state index contributed by atoms with van der Waals surface area (Å²) in [6.45, 7) is 9.15. The van der Waals surface area contributed by atoms with Gasteiger partial charge in [0.2, 0.25) is 0 Å². The fourth-order valence-corrected chi connectivity index (χ4v) is 2.78. The largest absolute Gasteiger partial charge is 0.159 e. The molecule has 0 aromatic heterocycles. The van der Waals surface area contributed by atoms with Crippen molar-refractivity contribution >= 4 is 23.5 Å². The second kappa shape index (κ2) is 9.26. The lowest BCUT2D eigenvalue weighted by atomic mass is 10.4. The van der Waals surface area contributed by atoms with Crippen LogP contribution in [0.5, 0.6) is 0 Å². The van der Waals surface area contributed by atoms with Crippen molar-refractivity contribution in [1.29, 1.82) is 0 Å². The van der Waals surface area contributed by atoms with Gasteiger partial charge in [0.15, 0.2) is 0 Å². The first-order valence-electron chi connectivity index (χ1n) is 5.40. The van der Waals surface area contributed by atoms with E-state index in [9.17, 15) is 0 Å². The molecule has 1 unspecified atom stereocenters. The lowest BCUT2D eigenvalue weighted by Gasteiger charge is -2.08. The quantitative estimate of drug-likeness (QED) is 0.555. The molecule has 80 valence electrons. The summed E-state index contributed by atoms with van der Waals surface area (Å²) in [5.74, 6) is 2.70. The van der Waals surface area contributed by atoms with Crippen molar-refractivity contribution in [2.45, 2.75) is 57.5 Å². The molecule has 0 aliphatic rings. The average Bonchev–Trinajstić information content (AvgIpc) is 2.10. The normalized spacial score (nSPS) is 13.6. The molecule has 0 radical (unpaired) electrons. The monoisotopic (exact) mass is 220 g/mol. The van der Waals surface area contributed by atoms with Crippen LogP contribution in [0.3, 0.4) is 0 Å². The summed E-state index contributed by atoms with van der Waals surface area (Å²) in [5.41, 5.74) is 0. The molecule has 0 bridgehead atoms. The Morgan fingerprint density at radius 2 is 1.46 bits per heavy atom. The Hall–Kier alpha value is 0.700. The fourth-order valence-electron chi connectivity index (χ4n) is 0.926. The van der Waals surface area contributed by atoms with Crippen molar-refractivity contribution < 1.29 is 0 Å². The molecule has 0 aliphatic heterocycles. The van der Waals surface area contributed by atoms with Gasteiger partial charge in [0, 0.05) is 5.25 Å². The molecule has 0 amide bonds. The maximum absolute atomic E-state index is 2.33. The number of hydrogen-bond acceptors (Lipinski definition) is 2. The van der Waals surface area contributed by atoms with Gasteiger partial charge >= 0.3 is 0 Å². The van der Waals surface area contributed by atoms with Gasteiger partial charge in [0.1, 0.15) is 0 Å². The van der Waals surface area contributed by atoms with Crippen LogP contribution in [-0.4, -0.2) is 22.0 Å². The van der Waals surface area contributed by atoms with Gasteiger partial charge in [-0.05, 0) is 36.0 Å². The molecule has 0 N–H and O–H groups in total. The van der Waals surface area contributed by atoms with Gasteiger partial charge in [-0.3, -0.25) is 0 Å². The highest BCUT2D eigenvalue weighted by Gasteiger charge is 1.98. The minimum absolute atomic E-state index is 0.808. The van der Waals surface area contributed by atoms with Crippen molar-refractivity contribution in [2.75, 3.05) is 11.5 Å². The van der Waals surface area contributed by atoms with Gasteiger partial charge in [-0.1, -0.05) is 27.7 Å². The van der Waals surface area contributed by atoms with E-state index in [0.29, 0.717) is 0 Å². The highest BCUT2D eigenvalue weighted by Crippen LogP contribution is 2.17. The van der Waals surface area contributed by atoms with Gasteiger partial charge in [0.05, 0.1) is 0 Å². The smallest absolute Gasteiger partial charge is 0.00160 e. The molecule has 0 rings (SSSR count). The van der Waals surface area contributed by atoms with E-state index in [1.54, 1.807) is 0 Å². The minimum atomic E-state index is 0.808. The summed E-state index contributed by atoms with van der Waals surface area (Å²) in [7, 11) is 0. The Kier molecular flexibility index (Phi) is 9.76. The molecule has 1 atom stereocenters. The summed E-state index contributed by atoms with van der Waals surface area (Å²) in [6.07, 6.45) is 4.10. The molecular formula is C11H24S2. The van der Waals surface area contributed by atoms with E-state index in [4.69, 9.17) is 0 Å². The zero-order valence-electron chi connectivity index (χ0n) is 9.51. The van der Waals surface area contributed by atoms with Crippen LogP contribution in [0.25, 0.3) is 0 Å². The molecule has 0 saturated carbocycles. The van der Waals surface area contributed by atoms with Crippen molar-refractivity contribution in [3.8, 4) is 0 Å². The highest BCUT2D eigenvalue weighted by molar-refractivity contribution is 8.00. The summed E-state index contributed by atoms with van der Waals surface area (Å²) in [6, 6.07) is 0. The van der Waals surface area contributed by atoms with E-state index in [-0.39, 0.29) is 0 Å². The van der Waals surface area contributed by atoms with Crippen LogP contribution in [0, 0.1) is 0 Å². The van der Waals surface area contributed by atoms with Gasteiger partial charge in [-0.15, -0.1) is 0 Å². The first-order valence-corrected chi connectivity index (χ1v) is 7.49. The second-order valence-corrected chi connectivity index (χ2v) is 6.95. The average molecular weight is 220 g/mol. The first-order chi connectivity index (χ1) is 6.16. The van der Waals surface area contributed by atoms with Gasteiger partial charge < -0.3 is 0 Å². The van der Waals surface area contributed by atoms with Crippen molar-refractivity contribution in [3.05, 3.63) is 0 Å². The van der Waals surface area contributed by atoms with Crippen LogP contribution in [0.15, 0.2) is 0 Å². The molecule has 0 aromatic carbocycles. The molecule has 0 aliphatic carbocycles. The molecule has 0 fully saturated rings. The molecule has 0 heterocycles. The third-order valence-electron chi connectivity index (χ3n) is 1.97. The van der Waals surface area contributed by atoms with E-state index in [0.717, 1.165) is 10.5 Å². The third-order valence-corrected chi connectivity index (χ3v) is 4.58. The second-order valence-electron chi connectivity index (χ2n) is 3.72. The Morgan fingerprint density at radius 3 is 1.92 bits per heavy atom. The Bertz CT molecular complexity index is 102. The van der Waals surface area contributed by atoms with Crippen LogP contribution in [0.4, 0.5) is 0 Å². The van der Waals surface area contributed by atoms with Crippen LogP contribution in [0.1, 0.15) is 47.0 Å². The predicted octanol–water partition coefficient (Wildman–Crippen LogP) is 4.44. The molecule has 2 heteroatoms. The third kappa shape index (κ3) is 10.6. The van der Waals surface area contributed by atoms with E-state index >= 15 is 0 Å². The van der Waals surface area contributed by atoms with Crippen LogP contribution < -0.4 is 0 Å². The summed E-state index contributed by atoms with van der Waals surface area (Å²) in [4.78, 5) is 0. The van der Waals surface area contributed by atoms with Gasteiger partial charge in [-0.2, -0.15) is 23.5 Å². The number of thioether (sulfide) groups is 2. The number of unbranched alkanes of at least 4 members (excludes halogenated alkanes) is 1. The number of hydrogen-bond donors (Lipinski definition) is 0. The van der Waals surface area contributed by atoms with Crippen molar-refractivity contribution in [3.63, 3.8) is 0 Å². The topological polar surface area (TPSA) is 0 Å². The zero-order chi connectivity index (χ0) is 10.1. The minimum Gasteiger partial charge on any atom is -0.159 e. The van der Waals surface area contributed by atoms with E-state index in [2.05, 4.69) is 51.2 Å². The molecule has 0 nitrogen and oxygen atoms in total. The zero-order valence-corrected chi connectivity index (χ0v) is 11.1. The first kappa shape index (κ1) is 13.7. The van der Waals surface area contributed by atoms with E-state index in [1.807, 2.05) is 0 Å². The van der Waals surface area contributed by atoms with Crippen LogP contribution >= 0.6 is 23.5 Å². The van der Waals surface area contributed by atoms with E-state index in [1.165, 1.54) is 30.8 Å². The SMILES string of the molecule is CCC(C)SCCCCSC(C)C. The molecule has 0 aromatic rings. The predicted molar refractivity (Wildman–Crippen MR) is 69.0 cm³/mol. The Balaban J connectivity index is 2.99. The van der Waals surface area contributed by atoms with Crippen molar-refractivity contribution in [1.82, 2.24) is 0 Å². The highest BCUT2D eigenvalue weighted by atomic mass is 32.2. The number of rotatable bonds is 8. The molecular weight excluding hydrogens is 196 g/mol. The standard InChI is InChI=1S/C11H24S2/c1-5-11(4)13-9-7-6-8-12-10(2)3/h10-11H,5-9H2,1-4H3. The lowest BCUT2D eigenvalue weighted by molar-refractivity contribution is 0.876. The van der Waals surface area contributed by atoms with Crippen molar-refractivity contribution in [2.24, 2.45) is 0 Å². The van der Waals surface area contributed by atoms with Gasteiger partial charge in [0.25, 0.3) is 0 Å². The maximum Gasteiger partial charge on any atom is 0.00160 e. The maximum atomic E-state index is 2.33. The van der Waals surface area contributed by atoms with E-state index < -0.39 is 0 Å². The Morgan fingerprint density at radius 1 is 0.923 bits per heavy atom. The molecule has 13 heavy (non-hydrogen) atoms. The summed E-state index contributed by atoms with van der Waals surface area (Å²) < 4.78 is 0. The van der Waals surface area contributed by atoms with Crippen LogP contribution in [-0.2, 0) is 0 Å². The fraction of sp³-hybridized carbons (Fsp3) is 1.00. The summed E-state index contributed by atoms with van der Waals surface area (Å²) >= 11 is 4.21.